The predicted molar refractivity (Wildman–Crippen MR) is 135 cm³/mol. The maximum absolute atomic E-state index is 14.3. The summed E-state index contributed by atoms with van der Waals surface area (Å²) in [6.07, 6.45) is 7.85. The summed E-state index contributed by atoms with van der Waals surface area (Å²) in [4.78, 5) is 4.86. The van der Waals surface area contributed by atoms with Crippen molar-refractivity contribution < 1.29 is 8.60 Å². The molecule has 4 heterocycles. The van der Waals surface area contributed by atoms with Crippen LogP contribution in [0.5, 0.6) is 0 Å². The summed E-state index contributed by atoms with van der Waals surface area (Å²) in [7, 11) is -1.25. The van der Waals surface area contributed by atoms with Crippen LogP contribution in [0.25, 0.3) is 16.6 Å². The van der Waals surface area contributed by atoms with Gasteiger partial charge in [-0.25, -0.2) is 4.39 Å². The van der Waals surface area contributed by atoms with Crippen LogP contribution in [-0.4, -0.2) is 72.0 Å². The van der Waals surface area contributed by atoms with Gasteiger partial charge in [-0.05, 0) is 49.9 Å². The Bertz CT molecular complexity index is 1410. The van der Waals surface area contributed by atoms with Crippen LogP contribution in [-0.2, 0) is 10.8 Å². The zero-order chi connectivity index (χ0) is 24.1. The fraction of sp³-hybridized carbons (Fsp3) is 0.458. The van der Waals surface area contributed by atoms with Gasteiger partial charge in [-0.2, -0.15) is 4.52 Å². The fourth-order valence-corrected chi connectivity index (χ4v) is 6.47. The van der Waals surface area contributed by atoms with Gasteiger partial charge in [0, 0.05) is 50.7 Å². The number of halogens is 2. The van der Waals surface area contributed by atoms with Gasteiger partial charge in [-0.15, -0.1) is 15.3 Å². The van der Waals surface area contributed by atoms with Crippen molar-refractivity contribution in [1.29, 1.82) is 0 Å². The van der Waals surface area contributed by atoms with E-state index in [2.05, 4.69) is 29.7 Å². The Kier molecular flexibility index (Phi) is 5.98. The maximum Gasteiger partial charge on any atom is 0.242 e. The second-order valence-electron chi connectivity index (χ2n) is 9.40. The number of benzene rings is 1. The van der Waals surface area contributed by atoms with Crippen LogP contribution in [0.4, 0.5) is 10.2 Å². The summed E-state index contributed by atoms with van der Waals surface area (Å²) in [6, 6.07) is 9.94. The highest BCUT2D eigenvalue weighted by Gasteiger charge is 2.30. The molecule has 4 aromatic rings. The molecule has 1 aliphatic heterocycles. The Morgan fingerprint density at radius 2 is 1.74 bits per heavy atom. The van der Waals surface area contributed by atoms with Crippen molar-refractivity contribution in [1.82, 2.24) is 29.3 Å². The molecule has 6 rings (SSSR count). The zero-order valence-electron chi connectivity index (χ0n) is 19.5. The molecule has 0 radical (unpaired) electrons. The molecular formula is C24H27ClFN7OS. The summed E-state index contributed by atoms with van der Waals surface area (Å²) < 4.78 is 30.0. The number of anilines is 1. The van der Waals surface area contributed by atoms with Crippen molar-refractivity contribution in [3.63, 3.8) is 0 Å². The summed E-state index contributed by atoms with van der Waals surface area (Å²) in [6.45, 7) is 3.74. The molecule has 11 heteroatoms. The molecule has 1 saturated heterocycles. The molecule has 2 aliphatic rings. The van der Waals surface area contributed by atoms with E-state index in [0.29, 0.717) is 33.3 Å². The van der Waals surface area contributed by atoms with Gasteiger partial charge in [-0.3, -0.25) is 9.11 Å². The average molecular weight is 516 g/mol. The Morgan fingerprint density at radius 1 is 1.00 bits per heavy atom. The summed E-state index contributed by atoms with van der Waals surface area (Å²) >= 11 is 6.36. The summed E-state index contributed by atoms with van der Waals surface area (Å²) in [5.41, 5.74) is 1.49. The minimum Gasteiger partial charge on any atom is -0.353 e. The number of aromatic nitrogens is 5. The molecule has 184 valence electrons. The van der Waals surface area contributed by atoms with Crippen molar-refractivity contribution in [3.8, 4) is 0 Å². The van der Waals surface area contributed by atoms with Crippen LogP contribution in [0, 0.1) is 5.82 Å². The number of hydrogen-bond acceptors (Lipinski definition) is 6. The van der Waals surface area contributed by atoms with Crippen molar-refractivity contribution in [2.24, 2.45) is 0 Å². The SMILES string of the molecule is CS(=O)c1nnc2ccc(N3CCN(C4CCC(n5cc(Cl)c6c(F)cccc65)CC4)CC3)nn12. The first kappa shape index (κ1) is 22.9. The fourth-order valence-electron chi connectivity index (χ4n) is 5.65. The van der Waals surface area contributed by atoms with Gasteiger partial charge in [0.15, 0.2) is 5.65 Å². The summed E-state index contributed by atoms with van der Waals surface area (Å²) in [5.74, 6) is 0.603. The van der Waals surface area contributed by atoms with Crippen LogP contribution in [0.1, 0.15) is 31.7 Å². The third kappa shape index (κ3) is 4.11. The van der Waals surface area contributed by atoms with E-state index >= 15 is 0 Å². The largest absolute Gasteiger partial charge is 0.353 e. The molecule has 0 N–H and O–H groups in total. The number of hydrogen-bond donors (Lipinski definition) is 0. The van der Waals surface area contributed by atoms with Crippen molar-refractivity contribution in [2.45, 2.75) is 42.9 Å². The van der Waals surface area contributed by atoms with E-state index in [-0.39, 0.29) is 5.82 Å². The third-order valence-corrected chi connectivity index (χ3v) is 8.51. The highest BCUT2D eigenvalue weighted by molar-refractivity contribution is 7.84. The number of piperazine rings is 1. The second kappa shape index (κ2) is 9.15. The summed E-state index contributed by atoms with van der Waals surface area (Å²) in [5, 5.41) is 14.1. The van der Waals surface area contributed by atoms with E-state index in [1.807, 2.05) is 24.4 Å². The minimum absolute atomic E-state index is 0.255. The van der Waals surface area contributed by atoms with Crippen LogP contribution >= 0.6 is 11.6 Å². The van der Waals surface area contributed by atoms with Crippen LogP contribution < -0.4 is 4.90 Å². The van der Waals surface area contributed by atoms with Crippen LogP contribution in [0.15, 0.2) is 41.7 Å². The molecule has 0 spiro atoms. The lowest BCUT2D eigenvalue weighted by Gasteiger charge is -2.42. The number of fused-ring (bicyclic) bond motifs is 2. The minimum atomic E-state index is -1.25. The lowest BCUT2D eigenvalue weighted by molar-refractivity contribution is 0.131. The Labute approximate surface area is 210 Å². The molecule has 1 unspecified atom stereocenters. The first-order valence-electron chi connectivity index (χ1n) is 12.0. The number of nitrogens with zero attached hydrogens (tertiary/aromatic N) is 7. The Hall–Kier alpha value is -2.56. The van der Waals surface area contributed by atoms with Crippen molar-refractivity contribution >= 4 is 44.8 Å². The third-order valence-electron chi connectivity index (χ3n) is 7.45. The second-order valence-corrected chi connectivity index (χ2v) is 11.1. The van der Waals surface area contributed by atoms with E-state index < -0.39 is 10.8 Å². The van der Waals surface area contributed by atoms with Gasteiger partial charge < -0.3 is 9.47 Å². The maximum atomic E-state index is 14.3. The molecule has 1 aromatic carbocycles. The predicted octanol–water partition coefficient (Wildman–Crippen LogP) is 3.91. The van der Waals surface area contributed by atoms with E-state index in [0.717, 1.165) is 63.2 Å². The highest BCUT2D eigenvalue weighted by Crippen LogP contribution is 2.37. The molecule has 0 bridgehead atoms. The van der Waals surface area contributed by atoms with Crippen LogP contribution in [0.2, 0.25) is 5.02 Å². The normalized spacial score (nSPS) is 22.8. The van der Waals surface area contributed by atoms with E-state index in [1.165, 1.54) is 6.07 Å². The molecule has 2 fully saturated rings. The van der Waals surface area contributed by atoms with Gasteiger partial charge in [0.1, 0.15) is 11.6 Å². The van der Waals surface area contributed by atoms with E-state index in [9.17, 15) is 8.60 Å². The lowest BCUT2D eigenvalue weighted by atomic mass is 9.89. The molecule has 3 aromatic heterocycles. The quantitative estimate of drug-likeness (QED) is 0.410. The molecule has 8 nitrogen and oxygen atoms in total. The Morgan fingerprint density at radius 3 is 2.49 bits per heavy atom. The molecule has 1 aliphatic carbocycles. The van der Waals surface area contributed by atoms with E-state index in [1.54, 1.807) is 16.8 Å². The number of rotatable bonds is 4. The lowest BCUT2D eigenvalue weighted by Crippen LogP contribution is -2.51. The first-order chi connectivity index (χ1) is 17.0. The Balaban J connectivity index is 1.09. The van der Waals surface area contributed by atoms with Gasteiger partial charge in [0.05, 0.1) is 26.7 Å². The first-order valence-corrected chi connectivity index (χ1v) is 13.9. The molecule has 1 atom stereocenters. The van der Waals surface area contributed by atoms with Crippen molar-refractivity contribution in [3.05, 3.63) is 47.4 Å². The standard InChI is InChI=1S/C24H27ClFN7OS/c1-35(34)24-28-27-21-9-10-22(29-33(21)24)31-13-11-30(12-14-31)16-5-7-17(8-6-16)32-15-18(25)23-19(26)3-2-4-20(23)32/h2-4,9-10,15-17H,5-8,11-14H2,1H3. The topological polar surface area (TPSA) is 71.6 Å². The van der Waals surface area contributed by atoms with Crippen molar-refractivity contribution in [2.75, 3.05) is 37.3 Å². The molecule has 0 amide bonds. The smallest absolute Gasteiger partial charge is 0.242 e. The molecular weight excluding hydrogens is 489 g/mol. The van der Waals surface area contributed by atoms with Gasteiger partial charge in [-0.1, -0.05) is 17.7 Å². The van der Waals surface area contributed by atoms with E-state index in [4.69, 9.17) is 11.6 Å². The molecule has 1 saturated carbocycles. The van der Waals surface area contributed by atoms with Crippen LogP contribution in [0.3, 0.4) is 0 Å². The zero-order valence-corrected chi connectivity index (χ0v) is 21.1. The van der Waals surface area contributed by atoms with Gasteiger partial charge in [0.2, 0.25) is 5.16 Å². The van der Waals surface area contributed by atoms with Gasteiger partial charge >= 0.3 is 0 Å². The van der Waals surface area contributed by atoms with Gasteiger partial charge in [0.25, 0.3) is 0 Å². The highest BCUT2D eigenvalue weighted by atomic mass is 35.5. The average Bonchev–Trinajstić information content (AvgIpc) is 3.46. The molecule has 35 heavy (non-hydrogen) atoms. The monoisotopic (exact) mass is 515 g/mol.